The average molecular weight is 194 g/mol. The Kier molecular flexibility index (Phi) is 2.82. The molecule has 0 spiro atoms. The fourth-order valence-corrected chi connectivity index (χ4v) is 2.42. The van der Waals surface area contributed by atoms with Crippen LogP contribution in [0.3, 0.4) is 0 Å². The molecule has 1 heterocycles. The quantitative estimate of drug-likeness (QED) is 0.780. The van der Waals surface area contributed by atoms with Crippen molar-refractivity contribution in [2.75, 3.05) is 6.54 Å². The Morgan fingerprint density at radius 1 is 1.43 bits per heavy atom. The summed E-state index contributed by atoms with van der Waals surface area (Å²) in [7, 11) is 1.99. The molecule has 1 aromatic heterocycles. The minimum absolute atomic E-state index is 0.665. The maximum atomic E-state index is 5.56. The summed E-state index contributed by atoms with van der Waals surface area (Å²) in [6.07, 6.45) is 6.13. The van der Waals surface area contributed by atoms with Crippen molar-refractivity contribution in [2.24, 2.45) is 12.8 Å². The highest BCUT2D eigenvalue weighted by molar-refractivity contribution is 5.17. The second kappa shape index (κ2) is 4.09. The molecule has 78 valence electrons. The molecule has 4 heteroatoms. The van der Waals surface area contributed by atoms with E-state index in [9.17, 15) is 0 Å². The zero-order chi connectivity index (χ0) is 9.97. The standard InChI is InChI=1S/C10H18N4/c1-14-10(8-4-2-3-5-8)9(6-7-11)12-13-14/h8H,2-7,11H2,1H3. The molecule has 1 aromatic rings. The maximum Gasteiger partial charge on any atom is 0.0874 e. The monoisotopic (exact) mass is 194 g/mol. The van der Waals surface area contributed by atoms with Crippen LogP contribution in [0.4, 0.5) is 0 Å². The van der Waals surface area contributed by atoms with E-state index in [4.69, 9.17) is 5.73 Å². The van der Waals surface area contributed by atoms with Crippen molar-refractivity contribution >= 4 is 0 Å². The van der Waals surface area contributed by atoms with Gasteiger partial charge in [-0.2, -0.15) is 0 Å². The Morgan fingerprint density at radius 2 is 2.14 bits per heavy atom. The molecular weight excluding hydrogens is 176 g/mol. The van der Waals surface area contributed by atoms with Gasteiger partial charge in [-0.3, -0.25) is 4.68 Å². The Balaban J connectivity index is 2.24. The van der Waals surface area contributed by atoms with E-state index in [-0.39, 0.29) is 0 Å². The molecule has 1 aliphatic carbocycles. The maximum absolute atomic E-state index is 5.56. The van der Waals surface area contributed by atoms with Gasteiger partial charge in [0, 0.05) is 19.4 Å². The first kappa shape index (κ1) is 9.65. The number of rotatable bonds is 3. The lowest BCUT2D eigenvalue weighted by Gasteiger charge is -2.10. The highest BCUT2D eigenvalue weighted by Gasteiger charge is 2.23. The molecule has 0 unspecified atom stereocenters. The predicted molar refractivity (Wildman–Crippen MR) is 55.0 cm³/mol. The molecule has 0 radical (unpaired) electrons. The predicted octanol–water partition coefficient (Wildman–Crippen LogP) is 0.974. The summed E-state index contributed by atoms with van der Waals surface area (Å²) in [5.41, 5.74) is 8.00. The summed E-state index contributed by atoms with van der Waals surface area (Å²) in [6.45, 7) is 0.665. The highest BCUT2D eigenvalue weighted by Crippen LogP contribution is 2.34. The van der Waals surface area contributed by atoms with Crippen molar-refractivity contribution < 1.29 is 0 Å². The molecule has 0 aliphatic heterocycles. The van der Waals surface area contributed by atoms with Gasteiger partial charge >= 0.3 is 0 Å². The van der Waals surface area contributed by atoms with Crippen LogP contribution >= 0.6 is 0 Å². The Hall–Kier alpha value is -0.900. The second-order valence-corrected chi connectivity index (χ2v) is 4.07. The van der Waals surface area contributed by atoms with E-state index in [2.05, 4.69) is 10.3 Å². The number of hydrogen-bond donors (Lipinski definition) is 1. The van der Waals surface area contributed by atoms with E-state index in [1.807, 2.05) is 11.7 Å². The molecule has 0 atom stereocenters. The average Bonchev–Trinajstić information content (AvgIpc) is 2.76. The molecule has 2 rings (SSSR count). The number of aryl methyl sites for hydroxylation is 1. The third-order valence-electron chi connectivity index (χ3n) is 3.07. The normalized spacial score (nSPS) is 17.9. The molecule has 0 amide bonds. The first-order valence-corrected chi connectivity index (χ1v) is 5.41. The lowest BCUT2D eigenvalue weighted by molar-refractivity contribution is 0.604. The van der Waals surface area contributed by atoms with Crippen molar-refractivity contribution in [3.8, 4) is 0 Å². The summed E-state index contributed by atoms with van der Waals surface area (Å²) >= 11 is 0. The van der Waals surface area contributed by atoms with Crippen LogP contribution in [0.5, 0.6) is 0 Å². The lowest BCUT2D eigenvalue weighted by Crippen LogP contribution is -2.09. The van der Waals surface area contributed by atoms with Gasteiger partial charge in [0.05, 0.1) is 11.4 Å². The molecule has 1 saturated carbocycles. The van der Waals surface area contributed by atoms with Gasteiger partial charge in [-0.25, -0.2) is 0 Å². The first-order valence-electron chi connectivity index (χ1n) is 5.41. The minimum atomic E-state index is 0.665. The van der Waals surface area contributed by atoms with Gasteiger partial charge in [-0.15, -0.1) is 5.10 Å². The van der Waals surface area contributed by atoms with Gasteiger partial charge in [0.2, 0.25) is 0 Å². The molecule has 14 heavy (non-hydrogen) atoms. The van der Waals surface area contributed by atoms with E-state index in [0.717, 1.165) is 12.1 Å². The lowest BCUT2D eigenvalue weighted by atomic mass is 10.0. The largest absolute Gasteiger partial charge is 0.330 e. The number of hydrogen-bond acceptors (Lipinski definition) is 3. The van der Waals surface area contributed by atoms with Crippen LogP contribution in [0.1, 0.15) is 43.0 Å². The smallest absolute Gasteiger partial charge is 0.0874 e. The van der Waals surface area contributed by atoms with Gasteiger partial charge in [0.25, 0.3) is 0 Å². The van der Waals surface area contributed by atoms with Crippen LogP contribution in [0.2, 0.25) is 0 Å². The molecule has 0 aromatic carbocycles. The molecule has 2 N–H and O–H groups in total. The molecular formula is C10H18N4. The van der Waals surface area contributed by atoms with Gasteiger partial charge in [-0.1, -0.05) is 18.1 Å². The van der Waals surface area contributed by atoms with E-state index >= 15 is 0 Å². The molecule has 1 aliphatic rings. The molecule has 4 nitrogen and oxygen atoms in total. The van der Waals surface area contributed by atoms with Gasteiger partial charge < -0.3 is 5.73 Å². The topological polar surface area (TPSA) is 56.7 Å². The fraction of sp³-hybridized carbons (Fsp3) is 0.800. The Morgan fingerprint density at radius 3 is 2.79 bits per heavy atom. The zero-order valence-corrected chi connectivity index (χ0v) is 8.74. The molecule has 0 saturated heterocycles. The van der Waals surface area contributed by atoms with Crippen LogP contribution in [0, 0.1) is 0 Å². The summed E-state index contributed by atoms with van der Waals surface area (Å²) < 4.78 is 1.93. The number of nitrogens with two attached hydrogens (primary N) is 1. The SMILES string of the molecule is Cn1nnc(CCN)c1C1CCCC1. The molecule has 0 bridgehead atoms. The zero-order valence-electron chi connectivity index (χ0n) is 8.74. The van der Waals surface area contributed by atoms with Crippen LogP contribution in [-0.4, -0.2) is 21.5 Å². The van der Waals surface area contributed by atoms with Crippen LogP contribution in [0.25, 0.3) is 0 Å². The fourth-order valence-electron chi connectivity index (χ4n) is 2.42. The summed E-state index contributed by atoms with van der Waals surface area (Å²) in [5.74, 6) is 0.677. The van der Waals surface area contributed by atoms with Gasteiger partial charge in [-0.05, 0) is 19.4 Å². The van der Waals surface area contributed by atoms with Crippen molar-refractivity contribution in [3.05, 3.63) is 11.4 Å². The van der Waals surface area contributed by atoms with Crippen LogP contribution < -0.4 is 5.73 Å². The van der Waals surface area contributed by atoms with E-state index in [0.29, 0.717) is 12.5 Å². The number of aromatic nitrogens is 3. The van der Waals surface area contributed by atoms with Crippen molar-refractivity contribution in [1.82, 2.24) is 15.0 Å². The minimum Gasteiger partial charge on any atom is -0.330 e. The van der Waals surface area contributed by atoms with E-state index in [1.54, 1.807) is 0 Å². The Labute approximate surface area is 84.5 Å². The highest BCUT2D eigenvalue weighted by atomic mass is 15.4. The number of nitrogens with zero attached hydrogens (tertiary/aromatic N) is 3. The second-order valence-electron chi connectivity index (χ2n) is 4.07. The summed E-state index contributed by atoms with van der Waals surface area (Å²) in [6, 6.07) is 0. The van der Waals surface area contributed by atoms with Gasteiger partial charge in [0.1, 0.15) is 0 Å². The van der Waals surface area contributed by atoms with E-state index < -0.39 is 0 Å². The van der Waals surface area contributed by atoms with E-state index in [1.165, 1.54) is 31.4 Å². The third-order valence-corrected chi connectivity index (χ3v) is 3.07. The molecule has 1 fully saturated rings. The van der Waals surface area contributed by atoms with Crippen LogP contribution in [0.15, 0.2) is 0 Å². The van der Waals surface area contributed by atoms with Crippen molar-refractivity contribution in [3.63, 3.8) is 0 Å². The van der Waals surface area contributed by atoms with Crippen LogP contribution in [-0.2, 0) is 13.5 Å². The third kappa shape index (κ3) is 1.66. The van der Waals surface area contributed by atoms with Crippen molar-refractivity contribution in [1.29, 1.82) is 0 Å². The summed E-state index contributed by atoms with van der Waals surface area (Å²) in [5, 5.41) is 8.27. The summed E-state index contributed by atoms with van der Waals surface area (Å²) in [4.78, 5) is 0. The van der Waals surface area contributed by atoms with Crippen molar-refractivity contribution in [2.45, 2.75) is 38.0 Å². The van der Waals surface area contributed by atoms with Gasteiger partial charge in [0.15, 0.2) is 0 Å². The Bertz CT molecular complexity index is 299. The first-order chi connectivity index (χ1) is 6.83.